The summed E-state index contributed by atoms with van der Waals surface area (Å²) in [6.07, 6.45) is 8.52. The molecule has 0 saturated heterocycles. The highest BCUT2D eigenvalue weighted by molar-refractivity contribution is 7.90. The first-order chi connectivity index (χ1) is 9.09. The minimum Gasteiger partial charge on any atom is -0.617 e. The fraction of sp³-hybridized carbons (Fsp3) is 0.538. The molecule has 5 nitrogen and oxygen atoms in total. The van der Waals surface area contributed by atoms with E-state index in [4.69, 9.17) is 5.73 Å². The van der Waals surface area contributed by atoms with Crippen LogP contribution in [-0.2, 0) is 17.7 Å². The lowest BCUT2D eigenvalue weighted by molar-refractivity contribution is 0.584. The van der Waals surface area contributed by atoms with Gasteiger partial charge in [-0.05, 0) is 31.7 Å². The fourth-order valence-corrected chi connectivity index (χ4v) is 2.82. The van der Waals surface area contributed by atoms with Crippen LogP contribution in [0.5, 0.6) is 0 Å². The summed E-state index contributed by atoms with van der Waals surface area (Å²) in [7, 11) is 0. The summed E-state index contributed by atoms with van der Waals surface area (Å²) in [4.78, 5) is 8.45. The average Bonchev–Trinajstić information content (AvgIpc) is 2.78. The molecule has 0 aliphatic rings. The van der Waals surface area contributed by atoms with E-state index in [0.717, 1.165) is 48.2 Å². The monoisotopic (exact) mass is 280 g/mol. The molecule has 19 heavy (non-hydrogen) atoms. The van der Waals surface area contributed by atoms with Gasteiger partial charge in [-0.1, -0.05) is 11.2 Å². The second-order valence-corrected chi connectivity index (χ2v) is 6.35. The van der Waals surface area contributed by atoms with E-state index in [0.29, 0.717) is 5.82 Å². The molecule has 2 heterocycles. The van der Waals surface area contributed by atoms with Crippen molar-refractivity contribution >= 4 is 28.0 Å². The molecule has 6 heteroatoms. The van der Waals surface area contributed by atoms with Gasteiger partial charge in [0, 0.05) is 12.7 Å². The van der Waals surface area contributed by atoms with Crippen LogP contribution < -0.4 is 5.73 Å². The number of hydrogen-bond acceptors (Lipinski definition) is 4. The molecule has 0 saturated carbocycles. The van der Waals surface area contributed by atoms with Gasteiger partial charge in [-0.15, -0.1) is 0 Å². The second-order valence-electron chi connectivity index (χ2n) is 4.80. The maximum absolute atomic E-state index is 11.0. The van der Waals surface area contributed by atoms with Crippen LogP contribution in [0, 0.1) is 6.92 Å². The van der Waals surface area contributed by atoms with Crippen molar-refractivity contribution in [3.8, 4) is 0 Å². The summed E-state index contributed by atoms with van der Waals surface area (Å²) < 4.78 is 13.1. The summed E-state index contributed by atoms with van der Waals surface area (Å²) in [5, 5.41) is 0. The van der Waals surface area contributed by atoms with Gasteiger partial charge < -0.3 is 14.9 Å². The summed E-state index contributed by atoms with van der Waals surface area (Å²) >= 11 is -0.679. The van der Waals surface area contributed by atoms with Crippen LogP contribution in [0.15, 0.2) is 12.5 Å². The van der Waals surface area contributed by atoms with E-state index >= 15 is 0 Å². The maximum Gasteiger partial charge on any atom is 0.151 e. The van der Waals surface area contributed by atoms with Gasteiger partial charge in [-0.2, -0.15) is 0 Å². The molecule has 2 N–H and O–H groups in total. The van der Waals surface area contributed by atoms with Crippen molar-refractivity contribution in [2.45, 2.75) is 32.7 Å². The van der Waals surface area contributed by atoms with Crippen LogP contribution in [0.4, 0.5) is 5.82 Å². The highest BCUT2D eigenvalue weighted by atomic mass is 32.2. The third-order valence-corrected chi connectivity index (χ3v) is 4.05. The van der Waals surface area contributed by atoms with Gasteiger partial charge in [-0.25, -0.2) is 9.97 Å². The minimum atomic E-state index is -0.679. The summed E-state index contributed by atoms with van der Waals surface area (Å²) in [6.45, 7) is 2.93. The number of imidazole rings is 1. The van der Waals surface area contributed by atoms with Crippen LogP contribution in [0.2, 0.25) is 0 Å². The summed E-state index contributed by atoms with van der Waals surface area (Å²) in [5.41, 5.74) is 8.78. The van der Waals surface area contributed by atoms with Crippen molar-refractivity contribution in [3.05, 3.63) is 18.1 Å². The third kappa shape index (κ3) is 3.39. The highest BCUT2D eigenvalue weighted by Gasteiger charge is 2.09. The molecule has 1 unspecified atom stereocenters. The van der Waals surface area contributed by atoms with Crippen molar-refractivity contribution < 1.29 is 4.55 Å². The first kappa shape index (κ1) is 14.1. The topological polar surface area (TPSA) is 79.8 Å². The molecular weight excluding hydrogens is 260 g/mol. The Kier molecular flexibility index (Phi) is 4.66. The van der Waals surface area contributed by atoms with Gasteiger partial charge in [0.15, 0.2) is 5.82 Å². The number of pyridine rings is 1. The molecule has 104 valence electrons. The quantitative estimate of drug-likeness (QED) is 0.647. The van der Waals surface area contributed by atoms with E-state index in [1.54, 1.807) is 12.5 Å². The first-order valence-electron chi connectivity index (χ1n) is 6.45. The van der Waals surface area contributed by atoms with Crippen LogP contribution in [0.25, 0.3) is 11.0 Å². The van der Waals surface area contributed by atoms with E-state index in [2.05, 4.69) is 14.5 Å². The number of fused-ring (bicyclic) bond motifs is 1. The number of nitrogen functional groups attached to an aromatic ring is 1. The Morgan fingerprint density at radius 1 is 1.32 bits per heavy atom. The van der Waals surface area contributed by atoms with E-state index in [-0.39, 0.29) is 0 Å². The Morgan fingerprint density at radius 2 is 2.11 bits per heavy atom. The predicted molar refractivity (Wildman–Crippen MR) is 79.5 cm³/mol. The lowest BCUT2D eigenvalue weighted by Gasteiger charge is -2.07. The van der Waals surface area contributed by atoms with E-state index in [1.165, 1.54) is 0 Å². The summed E-state index contributed by atoms with van der Waals surface area (Å²) in [5.74, 6) is 1.28. The molecule has 0 fully saturated rings. The highest BCUT2D eigenvalue weighted by Crippen LogP contribution is 2.21. The number of aromatic nitrogens is 3. The summed E-state index contributed by atoms with van der Waals surface area (Å²) in [6, 6.07) is 0. The molecule has 0 spiro atoms. The Bertz CT molecular complexity index is 553. The molecule has 2 aromatic heterocycles. The lowest BCUT2D eigenvalue weighted by Crippen LogP contribution is -2.04. The van der Waals surface area contributed by atoms with E-state index in [9.17, 15) is 4.55 Å². The molecule has 0 aliphatic carbocycles. The zero-order valence-electron chi connectivity index (χ0n) is 11.4. The number of nitrogens with two attached hydrogens (primary N) is 1. The molecule has 0 aromatic carbocycles. The molecule has 0 radical (unpaired) electrons. The number of unbranched alkanes of at least 4 members (excludes halogenated alkanes) is 2. The predicted octanol–water partition coefficient (Wildman–Crippen LogP) is 1.87. The maximum atomic E-state index is 11.0. The molecule has 0 amide bonds. The minimum absolute atomic E-state index is 0.487. The van der Waals surface area contributed by atoms with Crippen LogP contribution >= 0.6 is 0 Å². The fourth-order valence-electron chi connectivity index (χ4n) is 2.21. The number of nitrogens with zero attached hydrogens (tertiary/aromatic N) is 3. The second kappa shape index (κ2) is 6.25. The van der Waals surface area contributed by atoms with Gasteiger partial charge in [0.1, 0.15) is 11.3 Å². The lowest BCUT2D eigenvalue weighted by atomic mass is 10.2. The smallest absolute Gasteiger partial charge is 0.151 e. The zero-order chi connectivity index (χ0) is 13.8. The number of aryl methyl sites for hydroxylation is 2. The van der Waals surface area contributed by atoms with Crippen LogP contribution in [0.1, 0.15) is 24.8 Å². The van der Waals surface area contributed by atoms with Crippen molar-refractivity contribution in [1.82, 2.24) is 14.5 Å². The van der Waals surface area contributed by atoms with E-state index in [1.807, 2.05) is 13.3 Å². The standard InChI is InChI=1S/C13H20N4OS/c1-10-8-15-13(14)11-12(10)17(9-16-11)6-4-3-5-7-19(2)18/h8-9H,3-7H2,1-2H3,(H2,14,15). The Labute approximate surface area is 116 Å². The molecule has 2 rings (SSSR count). The Hall–Kier alpha value is -1.27. The van der Waals surface area contributed by atoms with Gasteiger partial charge in [0.2, 0.25) is 0 Å². The molecule has 2 aromatic rings. The normalized spacial score (nSPS) is 13.0. The number of hydrogen-bond donors (Lipinski definition) is 1. The zero-order valence-corrected chi connectivity index (χ0v) is 12.2. The molecule has 0 aliphatic heterocycles. The van der Waals surface area contributed by atoms with Gasteiger partial charge >= 0.3 is 0 Å². The number of anilines is 1. The average molecular weight is 280 g/mol. The Balaban J connectivity index is 2.00. The molecule has 1 atom stereocenters. The van der Waals surface area contributed by atoms with Gasteiger partial charge in [-0.3, -0.25) is 0 Å². The third-order valence-electron chi connectivity index (χ3n) is 3.18. The van der Waals surface area contributed by atoms with Crippen molar-refractivity contribution in [2.75, 3.05) is 17.7 Å². The Morgan fingerprint density at radius 3 is 2.84 bits per heavy atom. The SMILES string of the molecule is Cc1cnc(N)c2ncn(CCCCC[S+](C)[O-])c12. The van der Waals surface area contributed by atoms with Gasteiger partial charge in [0.25, 0.3) is 0 Å². The molecule has 0 bridgehead atoms. The van der Waals surface area contributed by atoms with Crippen LogP contribution in [0.3, 0.4) is 0 Å². The van der Waals surface area contributed by atoms with Crippen molar-refractivity contribution in [2.24, 2.45) is 0 Å². The van der Waals surface area contributed by atoms with Gasteiger partial charge in [0.05, 0.1) is 18.1 Å². The number of rotatable bonds is 6. The van der Waals surface area contributed by atoms with Crippen molar-refractivity contribution in [1.29, 1.82) is 0 Å². The van der Waals surface area contributed by atoms with Crippen LogP contribution in [-0.4, -0.2) is 31.1 Å². The van der Waals surface area contributed by atoms with E-state index < -0.39 is 11.2 Å². The molecular formula is C13H20N4OS. The van der Waals surface area contributed by atoms with Crippen molar-refractivity contribution in [3.63, 3.8) is 0 Å². The first-order valence-corrected chi connectivity index (χ1v) is 8.18. The largest absolute Gasteiger partial charge is 0.617 e.